The fourth-order valence-corrected chi connectivity index (χ4v) is 3.50. The Bertz CT molecular complexity index is 1240. The maximum atomic E-state index is 13.3. The molecular formula is C22H21N5O2. The first kappa shape index (κ1) is 18.6. The van der Waals surface area contributed by atoms with Crippen LogP contribution in [-0.2, 0) is 7.05 Å². The highest BCUT2D eigenvalue weighted by molar-refractivity contribution is 6.06. The van der Waals surface area contributed by atoms with Gasteiger partial charge < -0.3 is 10.3 Å². The lowest BCUT2D eigenvalue weighted by Crippen LogP contribution is -2.31. The molecule has 0 aliphatic carbocycles. The molecule has 0 saturated carbocycles. The van der Waals surface area contributed by atoms with Gasteiger partial charge in [-0.1, -0.05) is 35.9 Å². The van der Waals surface area contributed by atoms with Crippen molar-refractivity contribution in [3.63, 3.8) is 0 Å². The molecule has 1 atom stereocenters. The van der Waals surface area contributed by atoms with Crippen LogP contribution >= 0.6 is 0 Å². The second-order valence-corrected chi connectivity index (χ2v) is 7.05. The van der Waals surface area contributed by atoms with Crippen LogP contribution in [0.2, 0.25) is 0 Å². The van der Waals surface area contributed by atoms with E-state index in [1.807, 2.05) is 56.3 Å². The molecule has 7 nitrogen and oxygen atoms in total. The molecule has 7 heteroatoms. The van der Waals surface area contributed by atoms with Crippen molar-refractivity contribution in [1.29, 1.82) is 0 Å². The zero-order valence-corrected chi connectivity index (χ0v) is 16.4. The molecule has 0 spiro atoms. The summed E-state index contributed by atoms with van der Waals surface area (Å²) in [7, 11) is 1.73. The highest BCUT2D eigenvalue weighted by atomic mass is 16.2. The number of pyridine rings is 2. The van der Waals surface area contributed by atoms with Gasteiger partial charge in [0, 0.05) is 19.3 Å². The van der Waals surface area contributed by atoms with E-state index in [-0.39, 0.29) is 11.5 Å². The topological polar surface area (TPSA) is 92.7 Å². The highest BCUT2D eigenvalue weighted by Gasteiger charge is 2.22. The Balaban J connectivity index is 1.79. The van der Waals surface area contributed by atoms with Crippen LogP contribution in [0.15, 0.2) is 59.5 Å². The van der Waals surface area contributed by atoms with Gasteiger partial charge in [0.2, 0.25) is 5.56 Å². The predicted molar refractivity (Wildman–Crippen MR) is 111 cm³/mol. The number of aromatic amines is 1. The molecule has 1 amide bonds. The predicted octanol–water partition coefficient (Wildman–Crippen LogP) is 2.79. The van der Waals surface area contributed by atoms with Crippen LogP contribution in [0, 0.1) is 13.8 Å². The molecule has 0 bridgehead atoms. The molecule has 0 fully saturated rings. The van der Waals surface area contributed by atoms with Crippen LogP contribution in [0.5, 0.6) is 0 Å². The standard InChI is InChI=1S/C22H21N5O2/c1-13-7-9-15(10-8-13)20(17-6-4-5-11-23-17)25-22(29)16-12-18(28)24-21-19(16)14(2)26-27(21)3/h4-12,20H,1-3H3,(H,24,28)(H,25,29). The SMILES string of the molecule is Cc1ccc(C(NC(=O)c2cc(=O)[nH]c3c2c(C)nn3C)c2ccccn2)cc1. The van der Waals surface area contributed by atoms with E-state index in [1.54, 1.807) is 17.9 Å². The zero-order chi connectivity index (χ0) is 20.5. The third kappa shape index (κ3) is 3.54. The first-order chi connectivity index (χ1) is 13.9. The number of amides is 1. The fourth-order valence-electron chi connectivity index (χ4n) is 3.50. The summed E-state index contributed by atoms with van der Waals surface area (Å²) in [6.07, 6.45) is 1.69. The number of H-pyrrole nitrogens is 1. The lowest BCUT2D eigenvalue weighted by Gasteiger charge is -2.19. The number of fused-ring (bicyclic) bond motifs is 1. The van der Waals surface area contributed by atoms with E-state index in [9.17, 15) is 9.59 Å². The Morgan fingerprint density at radius 3 is 2.59 bits per heavy atom. The van der Waals surface area contributed by atoms with Gasteiger partial charge in [-0.3, -0.25) is 19.3 Å². The fraction of sp³-hybridized carbons (Fsp3) is 0.182. The molecule has 4 aromatic rings. The number of nitrogens with zero attached hydrogens (tertiary/aromatic N) is 3. The summed E-state index contributed by atoms with van der Waals surface area (Å²) in [4.78, 5) is 32.6. The van der Waals surface area contributed by atoms with Crippen LogP contribution in [0.4, 0.5) is 0 Å². The quantitative estimate of drug-likeness (QED) is 0.563. The minimum absolute atomic E-state index is 0.294. The van der Waals surface area contributed by atoms with Gasteiger partial charge in [-0.2, -0.15) is 5.10 Å². The summed E-state index contributed by atoms with van der Waals surface area (Å²) in [5.74, 6) is -0.353. The van der Waals surface area contributed by atoms with Crippen LogP contribution in [0.3, 0.4) is 0 Å². The Labute approximate surface area is 167 Å². The molecule has 1 aromatic carbocycles. The molecule has 4 rings (SSSR count). The average molecular weight is 387 g/mol. The van der Waals surface area contributed by atoms with E-state index < -0.39 is 6.04 Å². The molecular weight excluding hydrogens is 366 g/mol. The molecule has 146 valence electrons. The van der Waals surface area contributed by atoms with Crippen molar-refractivity contribution in [2.24, 2.45) is 7.05 Å². The second-order valence-electron chi connectivity index (χ2n) is 7.05. The molecule has 2 N–H and O–H groups in total. The number of carbonyl (C=O) groups excluding carboxylic acids is 1. The van der Waals surface area contributed by atoms with E-state index >= 15 is 0 Å². The maximum absolute atomic E-state index is 13.3. The summed E-state index contributed by atoms with van der Waals surface area (Å²) in [6, 6.07) is 14.4. The van der Waals surface area contributed by atoms with E-state index in [2.05, 4.69) is 20.4 Å². The lowest BCUT2D eigenvalue weighted by atomic mass is 10.0. The van der Waals surface area contributed by atoms with Crippen molar-refractivity contribution < 1.29 is 4.79 Å². The van der Waals surface area contributed by atoms with Gasteiger partial charge >= 0.3 is 0 Å². The Hall–Kier alpha value is -3.74. The van der Waals surface area contributed by atoms with Crippen molar-refractivity contribution in [3.05, 3.63) is 93.2 Å². The lowest BCUT2D eigenvalue weighted by molar-refractivity contribution is 0.0943. The van der Waals surface area contributed by atoms with Crippen molar-refractivity contribution >= 4 is 16.9 Å². The first-order valence-corrected chi connectivity index (χ1v) is 9.29. The van der Waals surface area contributed by atoms with Gasteiger partial charge in [-0.05, 0) is 31.5 Å². The number of hydrogen-bond acceptors (Lipinski definition) is 4. The zero-order valence-electron chi connectivity index (χ0n) is 16.4. The largest absolute Gasteiger partial charge is 0.340 e. The van der Waals surface area contributed by atoms with Crippen molar-refractivity contribution in [3.8, 4) is 0 Å². The van der Waals surface area contributed by atoms with E-state index in [0.29, 0.717) is 28.0 Å². The summed E-state index contributed by atoms with van der Waals surface area (Å²) in [5.41, 5.74) is 3.89. The third-order valence-electron chi connectivity index (χ3n) is 4.92. The number of hydrogen-bond donors (Lipinski definition) is 2. The Kier molecular flexibility index (Phi) is 4.72. The van der Waals surface area contributed by atoms with Crippen LogP contribution in [0.1, 0.15) is 38.9 Å². The number of nitrogens with one attached hydrogen (secondary N) is 2. The third-order valence-corrected chi connectivity index (χ3v) is 4.92. The van der Waals surface area contributed by atoms with Gasteiger partial charge in [0.05, 0.1) is 28.4 Å². The number of benzene rings is 1. The van der Waals surface area contributed by atoms with Gasteiger partial charge in [0.25, 0.3) is 5.91 Å². The van der Waals surface area contributed by atoms with Crippen molar-refractivity contribution in [1.82, 2.24) is 25.1 Å². The molecule has 3 aromatic heterocycles. The first-order valence-electron chi connectivity index (χ1n) is 9.29. The Morgan fingerprint density at radius 1 is 1.14 bits per heavy atom. The number of rotatable bonds is 4. The average Bonchev–Trinajstić information content (AvgIpc) is 3.00. The van der Waals surface area contributed by atoms with Crippen LogP contribution in [-0.4, -0.2) is 25.7 Å². The minimum Gasteiger partial charge on any atom is -0.340 e. The summed E-state index contributed by atoms with van der Waals surface area (Å²) in [5, 5.41) is 8.02. The second kappa shape index (κ2) is 7.35. The van der Waals surface area contributed by atoms with Crippen LogP contribution < -0.4 is 10.9 Å². The number of carbonyl (C=O) groups is 1. The monoisotopic (exact) mass is 387 g/mol. The smallest absolute Gasteiger partial charge is 0.253 e. The molecule has 3 heterocycles. The summed E-state index contributed by atoms with van der Waals surface area (Å²) >= 11 is 0. The molecule has 0 aliphatic rings. The van der Waals surface area contributed by atoms with Crippen molar-refractivity contribution in [2.45, 2.75) is 19.9 Å². The van der Waals surface area contributed by atoms with E-state index in [4.69, 9.17) is 0 Å². The van der Waals surface area contributed by atoms with Gasteiger partial charge in [-0.15, -0.1) is 0 Å². The Morgan fingerprint density at radius 2 is 1.90 bits per heavy atom. The summed E-state index contributed by atoms with van der Waals surface area (Å²) in [6.45, 7) is 3.82. The summed E-state index contributed by atoms with van der Waals surface area (Å²) < 4.78 is 1.57. The molecule has 0 saturated heterocycles. The molecule has 0 radical (unpaired) electrons. The molecule has 0 aliphatic heterocycles. The van der Waals surface area contributed by atoms with E-state index in [0.717, 1.165) is 11.1 Å². The van der Waals surface area contributed by atoms with Gasteiger partial charge in [0.15, 0.2) is 0 Å². The van der Waals surface area contributed by atoms with Crippen LogP contribution in [0.25, 0.3) is 11.0 Å². The van der Waals surface area contributed by atoms with Gasteiger partial charge in [0.1, 0.15) is 5.65 Å². The number of aromatic nitrogens is 4. The minimum atomic E-state index is -0.449. The molecule has 29 heavy (non-hydrogen) atoms. The molecule has 1 unspecified atom stereocenters. The normalized spacial score (nSPS) is 12.1. The van der Waals surface area contributed by atoms with E-state index in [1.165, 1.54) is 6.07 Å². The number of aryl methyl sites for hydroxylation is 3. The van der Waals surface area contributed by atoms with Gasteiger partial charge in [-0.25, -0.2) is 0 Å². The highest BCUT2D eigenvalue weighted by Crippen LogP contribution is 2.23. The maximum Gasteiger partial charge on any atom is 0.253 e. The van der Waals surface area contributed by atoms with Crippen molar-refractivity contribution in [2.75, 3.05) is 0 Å².